The number of ether oxygens (including phenoxy) is 2. The highest BCUT2D eigenvalue weighted by Crippen LogP contribution is 2.40. The predicted octanol–water partition coefficient (Wildman–Crippen LogP) is 7.63. The van der Waals surface area contributed by atoms with Gasteiger partial charge in [0.15, 0.2) is 11.5 Å². The van der Waals surface area contributed by atoms with E-state index in [4.69, 9.17) is 14.5 Å². The van der Waals surface area contributed by atoms with Crippen LogP contribution in [-0.4, -0.2) is 25.3 Å². The van der Waals surface area contributed by atoms with Crippen molar-refractivity contribution in [1.82, 2.24) is 5.32 Å². The third kappa shape index (κ3) is 6.37. The molecular formula is C30H33IN2O3S. The lowest BCUT2D eigenvalue weighted by atomic mass is 9.93. The minimum absolute atomic E-state index is 0.0512. The minimum atomic E-state index is 0.0512. The number of hydrogen-bond acceptors (Lipinski definition) is 5. The number of aryl methyl sites for hydroxylation is 1. The molecule has 2 aliphatic rings. The van der Waals surface area contributed by atoms with Gasteiger partial charge in [-0.05, 0) is 89.9 Å². The quantitative estimate of drug-likeness (QED) is 0.206. The summed E-state index contributed by atoms with van der Waals surface area (Å²) in [5.41, 5.74) is 4.03. The van der Waals surface area contributed by atoms with E-state index in [0.717, 1.165) is 63.1 Å². The van der Waals surface area contributed by atoms with Crippen LogP contribution in [0.1, 0.15) is 76.9 Å². The molecule has 5 nitrogen and oxygen atoms in total. The molecule has 0 atom stereocenters. The topological polar surface area (TPSA) is 59.9 Å². The van der Waals surface area contributed by atoms with E-state index in [1.807, 2.05) is 48.7 Å². The maximum atomic E-state index is 13.5. The van der Waals surface area contributed by atoms with Gasteiger partial charge in [0.25, 0.3) is 5.91 Å². The highest BCUT2D eigenvalue weighted by Gasteiger charge is 2.27. The predicted molar refractivity (Wildman–Crippen MR) is 159 cm³/mol. The highest BCUT2D eigenvalue weighted by atomic mass is 127. The largest absolute Gasteiger partial charge is 0.493 e. The fourth-order valence-electron chi connectivity index (χ4n) is 5.20. The number of rotatable bonds is 8. The van der Waals surface area contributed by atoms with Gasteiger partial charge in [-0.2, -0.15) is 0 Å². The molecule has 1 aromatic heterocycles. The van der Waals surface area contributed by atoms with Gasteiger partial charge in [-0.1, -0.05) is 49.6 Å². The van der Waals surface area contributed by atoms with Crippen molar-refractivity contribution in [3.05, 3.63) is 73.2 Å². The van der Waals surface area contributed by atoms with Crippen LogP contribution in [0.2, 0.25) is 0 Å². The third-order valence-electron chi connectivity index (χ3n) is 7.13. The summed E-state index contributed by atoms with van der Waals surface area (Å²) in [6.07, 6.45) is 12.0. The number of carbonyl (C=O) groups is 1. The van der Waals surface area contributed by atoms with E-state index in [1.54, 1.807) is 18.4 Å². The lowest BCUT2D eigenvalue weighted by Gasteiger charge is -2.23. The van der Waals surface area contributed by atoms with Crippen LogP contribution < -0.4 is 14.8 Å². The lowest BCUT2D eigenvalue weighted by Crippen LogP contribution is -2.36. The molecule has 1 saturated carbocycles. The SMILES string of the molecule is COc1cc(C=Nc2sc3c(c2C(=O)NC2CCCCC2)CCCC3)cc(I)c1OCc1ccccc1. The number of fused-ring (bicyclic) bond motifs is 1. The molecule has 1 fully saturated rings. The molecule has 194 valence electrons. The maximum Gasteiger partial charge on any atom is 0.254 e. The summed E-state index contributed by atoms with van der Waals surface area (Å²) in [5, 5.41) is 4.15. The standard InChI is InChI=1S/C30H33IN2O3S/c1-35-25-17-21(16-24(31)28(25)36-19-20-10-4-2-5-11-20)18-32-30-27(23-14-8-9-15-26(23)37-30)29(34)33-22-12-6-3-7-13-22/h2,4-5,10-11,16-18,22H,3,6-9,12-15,19H2,1H3,(H,33,34). The minimum Gasteiger partial charge on any atom is -0.493 e. The molecule has 0 aliphatic heterocycles. The Balaban J connectivity index is 1.38. The molecule has 37 heavy (non-hydrogen) atoms. The van der Waals surface area contributed by atoms with E-state index < -0.39 is 0 Å². The number of hydrogen-bond donors (Lipinski definition) is 1. The molecular weight excluding hydrogens is 595 g/mol. The van der Waals surface area contributed by atoms with Gasteiger partial charge in [0.1, 0.15) is 11.6 Å². The molecule has 2 aromatic carbocycles. The zero-order valence-corrected chi connectivity index (χ0v) is 24.2. The number of benzene rings is 2. The number of nitrogens with one attached hydrogen (secondary N) is 1. The molecule has 2 aliphatic carbocycles. The average Bonchev–Trinajstić information content (AvgIpc) is 3.30. The fourth-order valence-corrected chi connectivity index (χ4v) is 7.21. The second-order valence-electron chi connectivity index (χ2n) is 9.77. The summed E-state index contributed by atoms with van der Waals surface area (Å²) < 4.78 is 12.7. The van der Waals surface area contributed by atoms with Crippen molar-refractivity contribution < 1.29 is 14.3 Å². The van der Waals surface area contributed by atoms with Gasteiger partial charge in [-0.25, -0.2) is 4.99 Å². The van der Waals surface area contributed by atoms with E-state index in [0.29, 0.717) is 12.4 Å². The summed E-state index contributed by atoms with van der Waals surface area (Å²) in [4.78, 5) is 19.6. The summed E-state index contributed by atoms with van der Waals surface area (Å²) in [7, 11) is 1.66. The molecule has 0 bridgehead atoms. The van der Waals surface area contributed by atoms with E-state index in [-0.39, 0.29) is 11.9 Å². The highest BCUT2D eigenvalue weighted by molar-refractivity contribution is 14.1. The zero-order valence-electron chi connectivity index (χ0n) is 21.2. The van der Waals surface area contributed by atoms with Gasteiger partial charge in [0, 0.05) is 17.1 Å². The number of aliphatic imine (C=N–C) groups is 1. The van der Waals surface area contributed by atoms with Crippen LogP contribution in [0.5, 0.6) is 11.5 Å². The van der Waals surface area contributed by atoms with E-state index in [1.165, 1.54) is 36.1 Å². The molecule has 1 amide bonds. The fraction of sp³-hybridized carbons (Fsp3) is 0.400. The van der Waals surface area contributed by atoms with Gasteiger partial charge in [-0.15, -0.1) is 11.3 Å². The Kier molecular flexibility index (Phi) is 8.81. The Morgan fingerprint density at radius 2 is 1.89 bits per heavy atom. The van der Waals surface area contributed by atoms with Crippen LogP contribution >= 0.6 is 33.9 Å². The van der Waals surface area contributed by atoms with Gasteiger partial charge in [0.2, 0.25) is 0 Å². The van der Waals surface area contributed by atoms with Crippen LogP contribution in [-0.2, 0) is 19.4 Å². The normalized spacial score (nSPS) is 15.9. The van der Waals surface area contributed by atoms with Crippen molar-refractivity contribution in [3.63, 3.8) is 0 Å². The second-order valence-corrected chi connectivity index (χ2v) is 12.0. The number of amides is 1. The van der Waals surface area contributed by atoms with Gasteiger partial charge >= 0.3 is 0 Å². The Labute approximate surface area is 236 Å². The van der Waals surface area contributed by atoms with Crippen molar-refractivity contribution in [1.29, 1.82) is 0 Å². The number of carbonyl (C=O) groups excluding carboxylic acids is 1. The van der Waals surface area contributed by atoms with Gasteiger partial charge in [-0.3, -0.25) is 4.79 Å². The Hall–Kier alpha value is -2.39. The van der Waals surface area contributed by atoms with Crippen LogP contribution in [0.15, 0.2) is 47.5 Å². The molecule has 0 unspecified atom stereocenters. The lowest BCUT2D eigenvalue weighted by molar-refractivity contribution is 0.0927. The van der Waals surface area contributed by atoms with Gasteiger partial charge < -0.3 is 14.8 Å². The van der Waals surface area contributed by atoms with Gasteiger partial charge in [0.05, 0.1) is 16.2 Å². The molecule has 1 heterocycles. The first-order valence-corrected chi connectivity index (χ1v) is 15.1. The summed E-state index contributed by atoms with van der Waals surface area (Å²) >= 11 is 3.96. The number of nitrogens with zero attached hydrogens (tertiary/aromatic N) is 1. The summed E-state index contributed by atoms with van der Waals surface area (Å²) in [6.45, 7) is 0.473. The third-order valence-corrected chi connectivity index (χ3v) is 9.13. The molecule has 1 N–H and O–H groups in total. The first-order chi connectivity index (χ1) is 18.1. The van der Waals surface area contributed by atoms with Crippen molar-refractivity contribution in [2.75, 3.05) is 7.11 Å². The van der Waals surface area contributed by atoms with E-state index >= 15 is 0 Å². The Bertz CT molecular complexity index is 1270. The first kappa shape index (κ1) is 26.2. The summed E-state index contributed by atoms with van der Waals surface area (Å²) in [6, 6.07) is 14.4. The van der Waals surface area contributed by atoms with Crippen molar-refractivity contribution in [2.45, 2.75) is 70.4 Å². The zero-order chi connectivity index (χ0) is 25.6. The molecule has 0 saturated heterocycles. The number of halogens is 1. The Morgan fingerprint density at radius 3 is 2.68 bits per heavy atom. The number of thiophene rings is 1. The molecule has 7 heteroatoms. The molecule has 5 rings (SSSR count). The Morgan fingerprint density at radius 1 is 1.11 bits per heavy atom. The summed E-state index contributed by atoms with van der Waals surface area (Å²) in [5.74, 6) is 1.45. The maximum absolute atomic E-state index is 13.5. The van der Waals surface area contributed by atoms with Crippen molar-refractivity contribution in [2.24, 2.45) is 4.99 Å². The monoisotopic (exact) mass is 628 g/mol. The molecule has 3 aromatic rings. The molecule has 0 spiro atoms. The average molecular weight is 629 g/mol. The van der Waals surface area contributed by atoms with E-state index in [2.05, 4.69) is 27.9 Å². The second kappa shape index (κ2) is 12.4. The number of methoxy groups -OCH3 is 1. The van der Waals surface area contributed by atoms with Crippen molar-refractivity contribution in [3.8, 4) is 11.5 Å². The molecule has 0 radical (unpaired) electrons. The van der Waals surface area contributed by atoms with Crippen LogP contribution in [0.3, 0.4) is 0 Å². The van der Waals surface area contributed by atoms with Crippen molar-refractivity contribution >= 4 is 51.1 Å². The smallest absolute Gasteiger partial charge is 0.254 e. The van der Waals surface area contributed by atoms with Crippen LogP contribution in [0, 0.1) is 3.57 Å². The van der Waals surface area contributed by atoms with E-state index in [9.17, 15) is 4.79 Å². The first-order valence-electron chi connectivity index (χ1n) is 13.2. The van der Waals surface area contributed by atoms with Crippen LogP contribution in [0.4, 0.5) is 5.00 Å². The van der Waals surface area contributed by atoms with Crippen LogP contribution in [0.25, 0.3) is 0 Å².